The van der Waals surface area contributed by atoms with Crippen molar-refractivity contribution in [1.29, 1.82) is 0 Å². The SMILES string of the molecule is Clc1ccc(Cl)c2c1OB(c1ccccc1)O2. The molecule has 3 rings (SSSR count). The van der Waals surface area contributed by atoms with Crippen molar-refractivity contribution in [2.75, 3.05) is 0 Å². The molecule has 0 aromatic heterocycles. The van der Waals surface area contributed by atoms with Gasteiger partial charge in [0.05, 0.1) is 10.0 Å². The first kappa shape index (κ1) is 10.8. The second-order valence-electron chi connectivity index (χ2n) is 3.67. The molecule has 0 bridgehead atoms. The Morgan fingerprint density at radius 3 is 1.82 bits per heavy atom. The summed E-state index contributed by atoms with van der Waals surface area (Å²) in [5.41, 5.74) is 0.927. The van der Waals surface area contributed by atoms with Gasteiger partial charge in [-0.25, -0.2) is 0 Å². The Bertz CT molecular complexity index is 529. The van der Waals surface area contributed by atoms with E-state index in [2.05, 4.69) is 0 Å². The number of benzene rings is 2. The summed E-state index contributed by atoms with van der Waals surface area (Å²) in [5.74, 6) is 1.01. The predicted molar refractivity (Wildman–Crippen MR) is 69.5 cm³/mol. The summed E-state index contributed by atoms with van der Waals surface area (Å²) in [6.45, 7) is 0. The van der Waals surface area contributed by atoms with Gasteiger partial charge in [-0.1, -0.05) is 53.5 Å². The molecule has 2 aromatic rings. The van der Waals surface area contributed by atoms with Crippen molar-refractivity contribution in [3.63, 3.8) is 0 Å². The summed E-state index contributed by atoms with van der Waals surface area (Å²) in [6, 6.07) is 13.0. The van der Waals surface area contributed by atoms with Crippen LogP contribution in [0, 0.1) is 0 Å². The molecule has 0 atom stereocenters. The zero-order chi connectivity index (χ0) is 11.8. The van der Waals surface area contributed by atoms with E-state index in [9.17, 15) is 0 Å². The molecular weight excluding hydrogens is 258 g/mol. The van der Waals surface area contributed by atoms with Crippen LogP contribution in [0.4, 0.5) is 0 Å². The molecule has 0 aliphatic carbocycles. The van der Waals surface area contributed by atoms with Crippen LogP contribution >= 0.6 is 23.2 Å². The van der Waals surface area contributed by atoms with Gasteiger partial charge in [0.2, 0.25) is 0 Å². The Hall–Kier alpha value is -1.32. The molecule has 0 saturated heterocycles. The Labute approximate surface area is 109 Å². The average Bonchev–Trinajstić information content (AvgIpc) is 2.81. The second-order valence-corrected chi connectivity index (χ2v) is 4.48. The first-order valence-corrected chi connectivity index (χ1v) is 5.87. The summed E-state index contributed by atoms with van der Waals surface area (Å²) in [5, 5.41) is 1.01. The Balaban J connectivity index is 1.98. The van der Waals surface area contributed by atoms with E-state index < -0.39 is 7.12 Å². The lowest BCUT2D eigenvalue weighted by atomic mass is 9.79. The van der Waals surface area contributed by atoms with Gasteiger partial charge < -0.3 is 9.31 Å². The number of fused-ring (bicyclic) bond motifs is 1. The lowest BCUT2D eigenvalue weighted by molar-refractivity contribution is 0.519. The largest absolute Gasteiger partial charge is 0.632 e. The fourth-order valence-corrected chi connectivity index (χ4v) is 2.11. The summed E-state index contributed by atoms with van der Waals surface area (Å²) >= 11 is 12.1. The van der Waals surface area contributed by atoms with Crippen molar-refractivity contribution in [3.8, 4) is 11.5 Å². The molecule has 0 N–H and O–H groups in total. The number of rotatable bonds is 1. The molecule has 2 aromatic carbocycles. The minimum atomic E-state index is -0.483. The Morgan fingerprint density at radius 1 is 0.765 bits per heavy atom. The number of hydrogen-bond donors (Lipinski definition) is 0. The van der Waals surface area contributed by atoms with E-state index in [1.54, 1.807) is 12.1 Å². The molecule has 84 valence electrons. The molecule has 0 radical (unpaired) electrons. The number of hydrogen-bond acceptors (Lipinski definition) is 2. The van der Waals surface area contributed by atoms with Crippen molar-refractivity contribution in [3.05, 3.63) is 52.5 Å². The van der Waals surface area contributed by atoms with Crippen LogP contribution in [0.2, 0.25) is 10.0 Å². The zero-order valence-electron chi connectivity index (χ0n) is 8.69. The van der Waals surface area contributed by atoms with Gasteiger partial charge in [-0.2, -0.15) is 0 Å². The van der Waals surface area contributed by atoms with Crippen molar-refractivity contribution in [1.82, 2.24) is 0 Å². The normalized spacial score (nSPS) is 12.9. The van der Waals surface area contributed by atoms with Crippen molar-refractivity contribution in [2.24, 2.45) is 0 Å². The zero-order valence-corrected chi connectivity index (χ0v) is 10.2. The first-order chi connectivity index (χ1) is 8.25. The molecule has 1 heterocycles. The molecule has 2 nitrogen and oxygen atoms in total. The summed E-state index contributed by atoms with van der Waals surface area (Å²) in [6.07, 6.45) is 0. The minimum absolute atomic E-state index is 0.483. The fourth-order valence-electron chi connectivity index (χ4n) is 1.72. The molecule has 0 unspecified atom stereocenters. The first-order valence-electron chi connectivity index (χ1n) is 5.12. The molecular formula is C12H7BCl2O2. The lowest BCUT2D eigenvalue weighted by Gasteiger charge is -2.03. The second kappa shape index (κ2) is 4.17. The van der Waals surface area contributed by atoms with Crippen LogP contribution in [0.25, 0.3) is 0 Å². The number of halogens is 2. The van der Waals surface area contributed by atoms with Crippen molar-refractivity contribution >= 4 is 35.8 Å². The smallest absolute Gasteiger partial charge is 0.518 e. The van der Waals surface area contributed by atoms with Gasteiger partial charge in [-0.05, 0) is 12.1 Å². The van der Waals surface area contributed by atoms with E-state index in [4.69, 9.17) is 32.5 Å². The molecule has 0 amide bonds. The molecule has 0 saturated carbocycles. The quantitative estimate of drug-likeness (QED) is 0.737. The van der Waals surface area contributed by atoms with Crippen LogP contribution in [0.3, 0.4) is 0 Å². The Morgan fingerprint density at radius 2 is 1.29 bits per heavy atom. The van der Waals surface area contributed by atoms with Gasteiger partial charge in [0.1, 0.15) is 0 Å². The minimum Gasteiger partial charge on any atom is -0.518 e. The van der Waals surface area contributed by atoms with Crippen LogP contribution in [0.15, 0.2) is 42.5 Å². The molecule has 0 fully saturated rings. The molecule has 5 heteroatoms. The predicted octanol–water partition coefficient (Wildman–Crippen LogP) is 3.16. The maximum Gasteiger partial charge on any atom is 0.632 e. The maximum absolute atomic E-state index is 6.03. The van der Waals surface area contributed by atoms with Gasteiger partial charge >= 0.3 is 7.12 Å². The standard InChI is InChI=1S/C12H7BCl2O2/c14-9-6-7-10(15)12-11(9)16-13(17-12)8-4-2-1-3-5-8/h1-7H. The molecule has 1 aliphatic rings. The van der Waals surface area contributed by atoms with Crippen LogP contribution < -0.4 is 14.8 Å². The van der Waals surface area contributed by atoms with Crippen LogP contribution in [-0.4, -0.2) is 7.12 Å². The fraction of sp³-hybridized carbons (Fsp3) is 0. The van der Waals surface area contributed by atoms with E-state index in [1.165, 1.54) is 0 Å². The van der Waals surface area contributed by atoms with E-state index in [1.807, 2.05) is 30.3 Å². The summed E-state index contributed by atoms with van der Waals surface area (Å²) < 4.78 is 11.3. The highest BCUT2D eigenvalue weighted by Gasteiger charge is 2.36. The third-order valence-corrected chi connectivity index (χ3v) is 3.13. The highest BCUT2D eigenvalue weighted by Crippen LogP contribution is 2.44. The Kier molecular flexibility index (Phi) is 2.65. The highest BCUT2D eigenvalue weighted by atomic mass is 35.5. The van der Waals surface area contributed by atoms with Crippen LogP contribution in [-0.2, 0) is 0 Å². The lowest BCUT2D eigenvalue weighted by Crippen LogP contribution is -2.38. The molecule has 1 aliphatic heterocycles. The topological polar surface area (TPSA) is 18.5 Å². The molecule has 17 heavy (non-hydrogen) atoms. The van der Waals surface area contributed by atoms with E-state index in [0.717, 1.165) is 5.46 Å². The van der Waals surface area contributed by atoms with E-state index in [-0.39, 0.29) is 0 Å². The van der Waals surface area contributed by atoms with E-state index >= 15 is 0 Å². The highest BCUT2D eigenvalue weighted by molar-refractivity contribution is 6.64. The van der Waals surface area contributed by atoms with Gasteiger partial charge in [0, 0.05) is 5.46 Å². The maximum atomic E-state index is 6.03. The monoisotopic (exact) mass is 264 g/mol. The van der Waals surface area contributed by atoms with Crippen molar-refractivity contribution < 1.29 is 9.31 Å². The summed E-state index contributed by atoms with van der Waals surface area (Å²) in [7, 11) is -0.483. The van der Waals surface area contributed by atoms with E-state index in [0.29, 0.717) is 21.5 Å². The third kappa shape index (κ3) is 1.86. The van der Waals surface area contributed by atoms with Crippen LogP contribution in [0.5, 0.6) is 11.5 Å². The van der Waals surface area contributed by atoms with Crippen LogP contribution in [0.1, 0.15) is 0 Å². The van der Waals surface area contributed by atoms with Gasteiger partial charge in [0.25, 0.3) is 0 Å². The molecule has 0 spiro atoms. The van der Waals surface area contributed by atoms with Gasteiger partial charge in [0.15, 0.2) is 11.5 Å². The van der Waals surface area contributed by atoms with Gasteiger partial charge in [-0.3, -0.25) is 0 Å². The third-order valence-electron chi connectivity index (χ3n) is 2.54. The summed E-state index contributed by atoms with van der Waals surface area (Å²) in [4.78, 5) is 0. The van der Waals surface area contributed by atoms with Crippen molar-refractivity contribution in [2.45, 2.75) is 0 Å². The van der Waals surface area contributed by atoms with Gasteiger partial charge in [-0.15, -0.1) is 0 Å². The average molecular weight is 265 g/mol.